The number of hydrogen-bond donors (Lipinski definition) is 2. The Morgan fingerprint density at radius 1 is 1.22 bits per heavy atom. The third-order valence-electron chi connectivity index (χ3n) is 9.00. The van der Waals surface area contributed by atoms with Gasteiger partial charge in [-0.05, 0) is 68.4 Å². The molecule has 0 amide bonds. The van der Waals surface area contributed by atoms with E-state index in [1.54, 1.807) is 19.1 Å². The van der Waals surface area contributed by atoms with Gasteiger partial charge in [0.25, 0.3) is 0 Å². The summed E-state index contributed by atoms with van der Waals surface area (Å²) in [5, 5.41) is 22.4. The molecule has 3 fully saturated rings. The molecular formula is C23H32O4. The van der Waals surface area contributed by atoms with Gasteiger partial charge in [-0.1, -0.05) is 32.4 Å². The maximum absolute atomic E-state index is 12.1. The smallest absolute Gasteiger partial charge is 0.178 e. The van der Waals surface area contributed by atoms with E-state index < -0.39 is 12.2 Å². The van der Waals surface area contributed by atoms with Gasteiger partial charge in [0.15, 0.2) is 5.78 Å². The van der Waals surface area contributed by atoms with E-state index in [0.717, 1.165) is 18.4 Å². The maximum atomic E-state index is 12.1. The number of fused-ring (bicyclic) bond motifs is 5. The van der Waals surface area contributed by atoms with E-state index in [-0.39, 0.29) is 52.0 Å². The molecule has 27 heavy (non-hydrogen) atoms. The molecule has 4 nitrogen and oxygen atoms in total. The van der Waals surface area contributed by atoms with Gasteiger partial charge in [-0.3, -0.25) is 9.59 Å². The van der Waals surface area contributed by atoms with Crippen molar-refractivity contribution in [1.29, 1.82) is 0 Å². The lowest BCUT2D eigenvalue weighted by Crippen LogP contribution is -2.60. The van der Waals surface area contributed by atoms with E-state index >= 15 is 0 Å². The van der Waals surface area contributed by atoms with E-state index in [9.17, 15) is 19.8 Å². The van der Waals surface area contributed by atoms with Crippen molar-refractivity contribution in [3.63, 3.8) is 0 Å². The molecule has 4 heteroatoms. The summed E-state index contributed by atoms with van der Waals surface area (Å²) in [6.45, 7) is 7.95. The molecule has 9 atom stereocenters. The normalized spacial score (nSPS) is 49.7. The number of Topliss-reactive ketones (excluding diaryl/α,β-unsaturated/α-hetero) is 1. The van der Waals surface area contributed by atoms with Gasteiger partial charge in [0.05, 0.1) is 12.2 Å². The summed E-state index contributed by atoms with van der Waals surface area (Å²) in [7, 11) is 0. The number of allylic oxidation sites excluding steroid dienone is 3. The fraction of sp³-hybridized carbons (Fsp3) is 0.739. The molecule has 0 aromatic heterocycles. The maximum Gasteiger partial charge on any atom is 0.178 e. The van der Waals surface area contributed by atoms with Crippen molar-refractivity contribution in [3.05, 3.63) is 23.8 Å². The standard InChI is InChI=1S/C23H32O4/c1-12(13(2)24)16-5-6-17-21-18(11-20(27)23(16,17)4)22(3)8-7-15(25)9-14(22)10-19(21)26/h7-9,12,16-21,26-27H,5-6,10-11H2,1-4H3. The average molecular weight is 373 g/mol. The van der Waals surface area contributed by atoms with Crippen molar-refractivity contribution in [2.45, 2.75) is 65.6 Å². The summed E-state index contributed by atoms with van der Waals surface area (Å²) in [5.74, 6) is 0.703. The second kappa shape index (κ2) is 6.12. The molecule has 0 spiro atoms. The third kappa shape index (κ3) is 2.49. The van der Waals surface area contributed by atoms with Gasteiger partial charge in [0.1, 0.15) is 5.78 Å². The highest BCUT2D eigenvalue weighted by molar-refractivity contribution is 6.01. The van der Waals surface area contributed by atoms with Gasteiger partial charge in [-0.25, -0.2) is 0 Å². The van der Waals surface area contributed by atoms with Crippen LogP contribution in [0.25, 0.3) is 0 Å². The van der Waals surface area contributed by atoms with Crippen LogP contribution in [0.4, 0.5) is 0 Å². The zero-order valence-electron chi connectivity index (χ0n) is 16.8. The van der Waals surface area contributed by atoms with Crippen LogP contribution in [0.3, 0.4) is 0 Å². The predicted molar refractivity (Wildman–Crippen MR) is 103 cm³/mol. The van der Waals surface area contributed by atoms with Gasteiger partial charge >= 0.3 is 0 Å². The molecule has 3 saturated carbocycles. The monoisotopic (exact) mass is 372 g/mol. The SMILES string of the molecule is CC(=O)C(C)C1CCC2C3C(O)CC4=CC(=O)C=CC4(C)C3CC(O)C12C. The van der Waals surface area contributed by atoms with Crippen molar-refractivity contribution >= 4 is 11.6 Å². The summed E-state index contributed by atoms with van der Waals surface area (Å²) in [4.78, 5) is 24.0. The molecule has 0 aromatic rings. The number of rotatable bonds is 2. The Morgan fingerprint density at radius 3 is 2.59 bits per heavy atom. The lowest BCUT2D eigenvalue weighted by molar-refractivity contribution is -0.161. The molecule has 2 N–H and O–H groups in total. The van der Waals surface area contributed by atoms with E-state index in [1.165, 1.54) is 0 Å². The van der Waals surface area contributed by atoms with Gasteiger partial charge in [-0.2, -0.15) is 0 Å². The molecule has 0 aliphatic heterocycles. The van der Waals surface area contributed by atoms with Crippen molar-refractivity contribution in [2.24, 2.45) is 40.4 Å². The lowest BCUT2D eigenvalue weighted by atomic mass is 9.45. The average Bonchev–Trinajstić information content (AvgIpc) is 2.95. The second-order valence-electron chi connectivity index (χ2n) is 9.95. The molecule has 9 unspecified atom stereocenters. The highest BCUT2D eigenvalue weighted by Gasteiger charge is 2.64. The van der Waals surface area contributed by atoms with Crippen LogP contribution in [0.2, 0.25) is 0 Å². The zero-order valence-corrected chi connectivity index (χ0v) is 16.8. The minimum atomic E-state index is -0.493. The molecule has 0 saturated heterocycles. The lowest BCUT2D eigenvalue weighted by Gasteiger charge is -2.60. The molecule has 0 radical (unpaired) electrons. The number of hydrogen-bond acceptors (Lipinski definition) is 4. The second-order valence-corrected chi connectivity index (χ2v) is 9.95. The van der Waals surface area contributed by atoms with Crippen molar-refractivity contribution < 1.29 is 19.8 Å². The van der Waals surface area contributed by atoms with Crippen LogP contribution in [0.5, 0.6) is 0 Å². The first-order valence-electron chi connectivity index (χ1n) is 10.4. The van der Waals surface area contributed by atoms with Crippen LogP contribution in [-0.4, -0.2) is 34.0 Å². The Morgan fingerprint density at radius 2 is 1.93 bits per heavy atom. The van der Waals surface area contributed by atoms with Crippen LogP contribution < -0.4 is 0 Å². The Balaban J connectivity index is 1.74. The molecule has 4 aliphatic rings. The Kier molecular flexibility index (Phi) is 4.32. The number of carbonyl (C=O) groups is 2. The van der Waals surface area contributed by atoms with E-state index in [1.807, 2.05) is 13.0 Å². The molecule has 0 heterocycles. The summed E-state index contributed by atoms with van der Waals surface area (Å²) >= 11 is 0. The minimum Gasteiger partial charge on any atom is -0.393 e. The number of ketones is 2. The van der Waals surface area contributed by atoms with Gasteiger partial charge in [0.2, 0.25) is 0 Å². The third-order valence-corrected chi connectivity index (χ3v) is 9.00. The number of carbonyl (C=O) groups excluding carboxylic acids is 2. The molecule has 4 aliphatic carbocycles. The number of aliphatic hydroxyl groups is 2. The van der Waals surface area contributed by atoms with Crippen LogP contribution in [0.15, 0.2) is 23.8 Å². The fourth-order valence-corrected chi connectivity index (χ4v) is 7.28. The van der Waals surface area contributed by atoms with E-state index in [0.29, 0.717) is 12.8 Å². The fourth-order valence-electron chi connectivity index (χ4n) is 7.28. The van der Waals surface area contributed by atoms with Crippen LogP contribution in [0, 0.1) is 40.4 Å². The quantitative estimate of drug-likeness (QED) is 0.781. The molecule has 148 valence electrons. The first-order valence-corrected chi connectivity index (χ1v) is 10.4. The topological polar surface area (TPSA) is 74.6 Å². The first-order chi connectivity index (χ1) is 12.6. The Labute approximate surface area is 161 Å². The summed E-state index contributed by atoms with van der Waals surface area (Å²) in [5.41, 5.74) is 0.398. The molecule has 0 bridgehead atoms. The van der Waals surface area contributed by atoms with E-state index in [4.69, 9.17) is 0 Å². The zero-order chi connectivity index (χ0) is 19.7. The minimum absolute atomic E-state index is 0.00876. The van der Waals surface area contributed by atoms with Gasteiger partial charge in [0, 0.05) is 16.7 Å². The van der Waals surface area contributed by atoms with Crippen LogP contribution >= 0.6 is 0 Å². The van der Waals surface area contributed by atoms with Crippen LogP contribution in [-0.2, 0) is 9.59 Å². The summed E-state index contributed by atoms with van der Waals surface area (Å²) in [6, 6.07) is 0. The van der Waals surface area contributed by atoms with E-state index in [2.05, 4.69) is 13.8 Å². The largest absolute Gasteiger partial charge is 0.393 e. The van der Waals surface area contributed by atoms with Crippen molar-refractivity contribution in [3.8, 4) is 0 Å². The van der Waals surface area contributed by atoms with Crippen molar-refractivity contribution in [1.82, 2.24) is 0 Å². The molecular weight excluding hydrogens is 340 g/mol. The summed E-state index contributed by atoms with van der Waals surface area (Å²) in [6.07, 6.45) is 7.39. The predicted octanol–water partition coefficient (Wildman–Crippen LogP) is 3.08. The molecule has 0 aromatic carbocycles. The summed E-state index contributed by atoms with van der Waals surface area (Å²) < 4.78 is 0. The van der Waals surface area contributed by atoms with Crippen LogP contribution in [0.1, 0.15) is 53.4 Å². The molecule has 4 rings (SSSR count). The Hall–Kier alpha value is -1.26. The highest BCUT2D eigenvalue weighted by atomic mass is 16.3. The Bertz CT molecular complexity index is 737. The van der Waals surface area contributed by atoms with Gasteiger partial charge < -0.3 is 10.2 Å². The van der Waals surface area contributed by atoms with Crippen molar-refractivity contribution in [2.75, 3.05) is 0 Å². The number of aliphatic hydroxyl groups excluding tert-OH is 2. The first kappa shape index (κ1) is 19.1. The highest BCUT2D eigenvalue weighted by Crippen LogP contribution is 2.66. The van der Waals surface area contributed by atoms with Gasteiger partial charge in [-0.15, -0.1) is 0 Å².